The molecule has 0 unspecified atom stereocenters. The highest BCUT2D eigenvalue weighted by molar-refractivity contribution is 5.92. The van der Waals surface area contributed by atoms with E-state index in [0.29, 0.717) is 42.2 Å². The van der Waals surface area contributed by atoms with E-state index in [9.17, 15) is 14.7 Å². The van der Waals surface area contributed by atoms with Crippen molar-refractivity contribution in [3.8, 4) is 0 Å². The average molecular weight is 356 g/mol. The van der Waals surface area contributed by atoms with Gasteiger partial charge in [0.15, 0.2) is 5.82 Å². The lowest BCUT2D eigenvalue weighted by atomic mass is 9.77. The number of hydrogen-bond donors (Lipinski definition) is 2. The van der Waals surface area contributed by atoms with Crippen LogP contribution in [0.4, 0.5) is 0 Å². The van der Waals surface area contributed by atoms with Gasteiger partial charge in [-0.3, -0.25) is 9.59 Å². The first kappa shape index (κ1) is 17.2. The Morgan fingerprint density at radius 3 is 2.65 bits per heavy atom. The van der Waals surface area contributed by atoms with E-state index in [2.05, 4.69) is 14.9 Å². The van der Waals surface area contributed by atoms with Crippen LogP contribution >= 0.6 is 0 Å². The van der Waals surface area contributed by atoms with Gasteiger partial charge in [-0.25, -0.2) is 4.98 Å². The summed E-state index contributed by atoms with van der Waals surface area (Å²) in [5, 5.41) is 10.9. The number of amides is 1. The number of likely N-dealkylation sites (N-methyl/N-ethyl adjacent to an activating group) is 1. The summed E-state index contributed by atoms with van der Waals surface area (Å²) in [5.74, 6) is 0.537. The molecule has 0 radical (unpaired) electrons. The summed E-state index contributed by atoms with van der Waals surface area (Å²) < 4.78 is 0. The molecule has 26 heavy (non-hydrogen) atoms. The van der Waals surface area contributed by atoms with E-state index in [1.165, 1.54) is 0 Å². The third kappa shape index (κ3) is 2.91. The fraction of sp³-hybridized carbons (Fsp3) is 0.526. The molecule has 1 aliphatic heterocycles. The van der Waals surface area contributed by atoms with Crippen LogP contribution in [0.2, 0.25) is 0 Å². The number of benzene rings is 1. The second-order valence-corrected chi connectivity index (χ2v) is 7.73. The van der Waals surface area contributed by atoms with E-state index < -0.39 is 0 Å². The minimum atomic E-state index is -0.361. The standard InChI is InChI=1S/C19H24N4O3/c1-22(2)15-7-11-9-23(10-12(11)8-16(15)24)19(26)17-20-14-6-4-3-5-13(14)18(25)21-17/h3-6,11-12,15-16,24H,7-10H2,1-2H3,(H,20,21,25)/t11-,12+,15-,16-/m1/s1. The van der Waals surface area contributed by atoms with Crippen molar-refractivity contribution in [1.82, 2.24) is 19.8 Å². The van der Waals surface area contributed by atoms with Gasteiger partial charge in [0, 0.05) is 19.1 Å². The quantitative estimate of drug-likeness (QED) is 0.827. The van der Waals surface area contributed by atoms with Gasteiger partial charge in [-0.15, -0.1) is 0 Å². The maximum atomic E-state index is 12.9. The number of nitrogens with zero attached hydrogens (tertiary/aromatic N) is 3. The van der Waals surface area contributed by atoms with Crippen LogP contribution in [0.3, 0.4) is 0 Å². The molecule has 0 bridgehead atoms. The zero-order valence-corrected chi connectivity index (χ0v) is 15.1. The van der Waals surface area contributed by atoms with Gasteiger partial charge >= 0.3 is 0 Å². The van der Waals surface area contributed by atoms with E-state index >= 15 is 0 Å². The summed E-state index contributed by atoms with van der Waals surface area (Å²) in [7, 11) is 3.96. The first-order valence-corrected chi connectivity index (χ1v) is 9.07. The predicted octanol–water partition coefficient (Wildman–Crippen LogP) is 0.696. The van der Waals surface area contributed by atoms with Crippen molar-refractivity contribution in [2.75, 3.05) is 27.2 Å². The maximum absolute atomic E-state index is 12.9. The monoisotopic (exact) mass is 356 g/mol. The SMILES string of the molecule is CN(C)[C@@H]1C[C@@H]2CN(C(=O)c3nc4ccccc4c(=O)[nH]3)C[C@@H]2C[C@H]1O. The third-order valence-corrected chi connectivity index (χ3v) is 5.88. The number of para-hydroxylation sites is 1. The van der Waals surface area contributed by atoms with Crippen LogP contribution in [0.1, 0.15) is 23.5 Å². The Balaban J connectivity index is 1.56. The molecule has 1 amide bonds. The molecule has 1 aliphatic carbocycles. The molecule has 138 valence electrons. The molecule has 1 aromatic heterocycles. The van der Waals surface area contributed by atoms with E-state index in [-0.39, 0.29) is 29.4 Å². The number of carbonyl (C=O) groups excluding carboxylic acids is 1. The number of fused-ring (bicyclic) bond motifs is 2. The van der Waals surface area contributed by atoms with Crippen molar-refractivity contribution in [3.63, 3.8) is 0 Å². The first-order chi connectivity index (χ1) is 12.4. The summed E-state index contributed by atoms with van der Waals surface area (Å²) in [6.45, 7) is 1.26. The summed E-state index contributed by atoms with van der Waals surface area (Å²) in [6, 6.07) is 7.14. The Kier molecular flexibility index (Phi) is 4.28. The number of aromatic amines is 1. The smallest absolute Gasteiger partial charge is 0.289 e. The van der Waals surface area contributed by atoms with Gasteiger partial charge < -0.3 is 19.9 Å². The van der Waals surface area contributed by atoms with Gasteiger partial charge in [0.2, 0.25) is 0 Å². The molecule has 1 saturated carbocycles. The molecule has 2 fully saturated rings. The Morgan fingerprint density at radius 2 is 1.92 bits per heavy atom. The van der Waals surface area contributed by atoms with Crippen LogP contribution in [-0.2, 0) is 0 Å². The molecule has 4 atom stereocenters. The topological polar surface area (TPSA) is 89.5 Å². The molecule has 2 heterocycles. The van der Waals surface area contributed by atoms with Gasteiger partial charge in [-0.05, 0) is 50.9 Å². The van der Waals surface area contributed by atoms with Crippen molar-refractivity contribution >= 4 is 16.8 Å². The number of rotatable bonds is 2. The van der Waals surface area contributed by atoms with E-state index in [0.717, 1.165) is 6.42 Å². The van der Waals surface area contributed by atoms with Gasteiger partial charge in [0.1, 0.15) is 0 Å². The number of nitrogens with one attached hydrogen (secondary N) is 1. The summed E-state index contributed by atoms with van der Waals surface area (Å²) in [5.41, 5.74) is 0.234. The Labute approximate surface area is 151 Å². The van der Waals surface area contributed by atoms with E-state index in [4.69, 9.17) is 0 Å². The molecule has 0 spiro atoms. The van der Waals surface area contributed by atoms with Crippen LogP contribution in [0.25, 0.3) is 10.9 Å². The molecule has 7 heteroatoms. The lowest BCUT2D eigenvalue weighted by Crippen LogP contribution is -2.46. The Morgan fingerprint density at radius 1 is 1.23 bits per heavy atom. The number of aliphatic hydroxyl groups is 1. The van der Waals surface area contributed by atoms with Crippen LogP contribution in [-0.4, -0.2) is 70.1 Å². The average Bonchev–Trinajstić information content (AvgIpc) is 3.03. The predicted molar refractivity (Wildman–Crippen MR) is 98.0 cm³/mol. The van der Waals surface area contributed by atoms with Crippen molar-refractivity contribution in [2.24, 2.45) is 11.8 Å². The molecule has 7 nitrogen and oxygen atoms in total. The molecule has 2 N–H and O–H groups in total. The number of carbonyl (C=O) groups is 1. The molecule has 1 aromatic carbocycles. The number of aromatic nitrogens is 2. The van der Waals surface area contributed by atoms with Crippen molar-refractivity contribution in [2.45, 2.75) is 25.0 Å². The van der Waals surface area contributed by atoms with Gasteiger partial charge in [-0.1, -0.05) is 12.1 Å². The fourth-order valence-corrected chi connectivity index (χ4v) is 4.47. The second-order valence-electron chi connectivity index (χ2n) is 7.73. The van der Waals surface area contributed by atoms with Crippen LogP contribution in [0.5, 0.6) is 0 Å². The first-order valence-electron chi connectivity index (χ1n) is 9.07. The largest absolute Gasteiger partial charge is 0.391 e. The molecule has 2 aliphatic rings. The summed E-state index contributed by atoms with van der Waals surface area (Å²) >= 11 is 0. The van der Waals surface area contributed by atoms with Crippen LogP contribution < -0.4 is 5.56 Å². The molecular formula is C19H24N4O3. The highest BCUT2D eigenvalue weighted by Crippen LogP contribution is 2.38. The number of likely N-dealkylation sites (tertiary alicyclic amines) is 1. The summed E-state index contributed by atoms with van der Waals surface area (Å²) in [4.78, 5) is 35.9. The molecule has 4 rings (SSSR count). The van der Waals surface area contributed by atoms with E-state index in [1.54, 1.807) is 29.2 Å². The number of hydrogen-bond acceptors (Lipinski definition) is 5. The highest BCUT2D eigenvalue weighted by atomic mass is 16.3. The lowest BCUT2D eigenvalue weighted by molar-refractivity contribution is 0.00940. The zero-order valence-electron chi connectivity index (χ0n) is 15.1. The van der Waals surface area contributed by atoms with Crippen molar-refractivity contribution in [3.05, 3.63) is 40.4 Å². The minimum Gasteiger partial charge on any atom is -0.391 e. The molecule has 1 saturated heterocycles. The number of aliphatic hydroxyl groups excluding tert-OH is 1. The number of H-pyrrole nitrogens is 1. The van der Waals surface area contributed by atoms with Gasteiger partial charge in [-0.2, -0.15) is 0 Å². The van der Waals surface area contributed by atoms with Crippen LogP contribution in [0.15, 0.2) is 29.1 Å². The zero-order chi connectivity index (χ0) is 18.4. The lowest BCUT2D eigenvalue weighted by Gasteiger charge is -2.38. The highest BCUT2D eigenvalue weighted by Gasteiger charge is 2.44. The van der Waals surface area contributed by atoms with E-state index in [1.807, 2.05) is 14.1 Å². The third-order valence-electron chi connectivity index (χ3n) is 5.88. The van der Waals surface area contributed by atoms with Gasteiger partial charge in [0.25, 0.3) is 11.5 Å². The Hall–Kier alpha value is -2.25. The normalized spacial score (nSPS) is 28.5. The van der Waals surface area contributed by atoms with Crippen molar-refractivity contribution < 1.29 is 9.90 Å². The minimum absolute atomic E-state index is 0.0945. The summed E-state index contributed by atoms with van der Waals surface area (Å²) in [6.07, 6.45) is 1.23. The van der Waals surface area contributed by atoms with Crippen LogP contribution in [0, 0.1) is 11.8 Å². The van der Waals surface area contributed by atoms with Crippen molar-refractivity contribution in [1.29, 1.82) is 0 Å². The second kappa shape index (κ2) is 6.48. The maximum Gasteiger partial charge on any atom is 0.289 e. The molecular weight excluding hydrogens is 332 g/mol. The Bertz CT molecular complexity index is 894. The molecule has 2 aromatic rings. The van der Waals surface area contributed by atoms with Gasteiger partial charge in [0.05, 0.1) is 17.0 Å². The fourth-order valence-electron chi connectivity index (χ4n) is 4.47.